The Morgan fingerprint density at radius 1 is 0.418 bits per heavy atom. The second-order valence-electron chi connectivity index (χ2n) is 12.4. The molecule has 0 spiro atoms. The predicted octanol–water partition coefficient (Wildman–Crippen LogP) is 12.1. The normalized spacial score (nSPS) is 10.2. The van der Waals surface area contributed by atoms with Gasteiger partial charge in [-0.2, -0.15) is 0 Å². The Balaban J connectivity index is 0.000000155. The zero-order valence-corrected chi connectivity index (χ0v) is 31.3. The van der Waals surface area contributed by atoms with Crippen LogP contribution in [0, 0.1) is 13.8 Å². The maximum absolute atomic E-state index is 5.84. The van der Waals surface area contributed by atoms with Gasteiger partial charge in [-0.15, -0.1) is 0 Å². The Labute approximate surface area is 327 Å². The molecule has 8 rings (SSSR count). The number of nitrogens with two attached hydrogens (primary N) is 1. The van der Waals surface area contributed by atoms with Gasteiger partial charge in [-0.25, -0.2) is 19.9 Å². The molecule has 55 heavy (non-hydrogen) atoms. The van der Waals surface area contributed by atoms with E-state index in [0.29, 0.717) is 22.6 Å². The third-order valence-electron chi connectivity index (χ3n) is 8.39. The van der Waals surface area contributed by atoms with Crippen molar-refractivity contribution < 1.29 is 0 Å². The van der Waals surface area contributed by atoms with Crippen molar-refractivity contribution in [3.63, 3.8) is 0 Å². The smallest absolute Gasteiger partial charge is 0.173 e. The maximum atomic E-state index is 5.84. The summed E-state index contributed by atoms with van der Waals surface area (Å²) in [5.74, 6) is 1.95. The van der Waals surface area contributed by atoms with Crippen LogP contribution >= 0.6 is 11.6 Å². The number of hydrogen-bond donors (Lipinski definition) is 4. The molecule has 2 aromatic heterocycles. The van der Waals surface area contributed by atoms with Crippen LogP contribution in [-0.4, -0.2) is 19.9 Å². The lowest BCUT2D eigenvalue weighted by Crippen LogP contribution is -2.02. The van der Waals surface area contributed by atoms with Crippen LogP contribution in [0.1, 0.15) is 11.1 Å². The van der Waals surface area contributed by atoms with Gasteiger partial charge in [0.2, 0.25) is 0 Å². The van der Waals surface area contributed by atoms with Gasteiger partial charge < -0.3 is 21.7 Å². The molecule has 6 aromatic carbocycles. The molecular weight excluding hydrogens is 700 g/mol. The molecule has 0 saturated heterocycles. The first kappa shape index (κ1) is 37.7. The van der Waals surface area contributed by atoms with Crippen LogP contribution in [-0.2, 0) is 0 Å². The van der Waals surface area contributed by atoms with Crippen LogP contribution in [0.2, 0.25) is 5.15 Å². The highest BCUT2D eigenvalue weighted by Crippen LogP contribution is 2.29. The summed E-state index contributed by atoms with van der Waals surface area (Å²) in [7, 11) is 0. The molecule has 0 unspecified atom stereocenters. The van der Waals surface area contributed by atoms with E-state index in [9.17, 15) is 0 Å². The van der Waals surface area contributed by atoms with Crippen molar-refractivity contribution in [1.82, 2.24) is 19.9 Å². The minimum absolute atomic E-state index is 0.372. The first-order valence-electron chi connectivity index (χ1n) is 17.7. The molecule has 8 aromatic rings. The standard InChI is InChI=1S/C23H20N4.C13H13N.C10H8ClN3/c1-17-16-19(18-8-4-2-5-9-18)12-13-21(17)27-23-22(24-14-15-25-23)26-20-10-6-3-7-11-20;1-10-9-12(7-8-13(10)14)11-5-3-2-4-6-11;11-9-10(13-7-6-12-9)14-8-4-2-1-3-5-8/h2-16H,1H3,(H,24,26)(H,25,27);2-9H,14H2,1H3;1-7H,(H,13,14). The van der Waals surface area contributed by atoms with Gasteiger partial charge in [0.25, 0.3) is 0 Å². The van der Waals surface area contributed by atoms with Crippen LogP contribution in [0.3, 0.4) is 0 Å². The minimum atomic E-state index is 0.372. The number of hydrogen-bond acceptors (Lipinski definition) is 8. The topological polar surface area (TPSA) is 114 Å². The highest BCUT2D eigenvalue weighted by atomic mass is 35.5. The number of nitrogens with one attached hydrogen (secondary N) is 3. The van der Waals surface area contributed by atoms with Gasteiger partial charge in [0.1, 0.15) is 0 Å². The van der Waals surface area contributed by atoms with Gasteiger partial charge in [0.15, 0.2) is 22.6 Å². The summed E-state index contributed by atoms with van der Waals surface area (Å²) in [5, 5.41) is 10.2. The SMILES string of the molecule is Cc1cc(-c2ccccc2)ccc1N.Cc1cc(-c2ccccc2)ccc1Nc1nccnc1Nc1ccccc1.Clc1nccnc1Nc1ccccc1. The average Bonchev–Trinajstić information content (AvgIpc) is 3.23. The monoisotopic (exact) mass is 740 g/mol. The number of benzene rings is 6. The number of nitrogens with zero attached hydrogens (tertiary/aromatic N) is 4. The Kier molecular flexibility index (Phi) is 13.1. The highest BCUT2D eigenvalue weighted by molar-refractivity contribution is 6.31. The molecule has 0 fully saturated rings. The first-order chi connectivity index (χ1) is 26.9. The van der Waals surface area contributed by atoms with Crippen molar-refractivity contribution in [3.05, 3.63) is 199 Å². The summed E-state index contributed by atoms with van der Waals surface area (Å²) in [6, 6.07) is 52.8. The van der Waals surface area contributed by atoms with Crippen molar-refractivity contribution in [3.8, 4) is 22.3 Å². The molecule has 272 valence electrons. The van der Waals surface area contributed by atoms with E-state index in [1.807, 2.05) is 97.9 Å². The van der Waals surface area contributed by atoms with Crippen molar-refractivity contribution in [2.45, 2.75) is 13.8 Å². The Morgan fingerprint density at radius 2 is 0.836 bits per heavy atom. The molecule has 9 heteroatoms. The van der Waals surface area contributed by atoms with Crippen LogP contribution in [0.5, 0.6) is 0 Å². The number of para-hydroxylation sites is 2. The molecule has 0 amide bonds. The molecule has 0 radical (unpaired) electrons. The van der Waals surface area contributed by atoms with Crippen molar-refractivity contribution in [2.75, 3.05) is 21.7 Å². The van der Waals surface area contributed by atoms with Crippen LogP contribution < -0.4 is 21.7 Å². The molecule has 0 atom stereocenters. The molecule has 0 bridgehead atoms. The summed E-state index contributed by atoms with van der Waals surface area (Å²) in [6.07, 6.45) is 6.52. The highest BCUT2D eigenvalue weighted by Gasteiger charge is 2.09. The lowest BCUT2D eigenvalue weighted by Gasteiger charge is -2.14. The zero-order chi connectivity index (χ0) is 38.2. The zero-order valence-electron chi connectivity index (χ0n) is 30.6. The van der Waals surface area contributed by atoms with E-state index >= 15 is 0 Å². The van der Waals surface area contributed by atoms with Crippen LogP contribution in [0.4, 0.5) is 40.2 Å². The molecule has 0 aliphatic carbocycles. The third-order valence-corrected chi connectivity index (χ3v) is 8.67. The quantitative estimate of drug-likeness (QED) is 0.114. The summed E-state index contributed by atoms with van der Waals surface area (Å²) in [5.41, 5.74) is 16.7. The molecule has 0 aliphatic rings. The van der Waals surface area contributed by atoms with Gasteiger partial charge in [0, 0.05) is 47.5 Å². The van der Waals surface area contributed by atoms with E-state index in [1.165, 1.54) is 22.3 Å². The second kappa shape index (κ2) is 19.2. The molecule has 0 saturated carbocycles. The lowest BCUT2D eigenvalue weighted by atomic mass is 10.0. The van der Waals surface area contributed by atoms with E-state index in [2.05, 4.69) is 110 Å². The summed E-state index contributed by atoms with van der Waals surface area (Å²) in [6.45, 7) is 4.12. The van der Waals surface area contributed by atoms with Gasteiger partial charge in [-0.3, -0.25) is 0 Å². The Hall–Kier alpha value is -7.03. The van der Waals surface area contributed by atoms with Gasteiger partial charge in [0.05, 0.1) is 0 Å². The summed E-state index contributed by atoms with van der Waals surface area (Å²) >= 11 is 5.84. The van der Waals surface area contributed by atoms with E-state index in [-0.39, 0.29) is 0 Å². The fourth-order valence-electron chi connectivity index (χ4n) is 5.47. The fraction of sp³-hybridized carbons (Fsp3) is 0.0435. The number of nitrogen functional groups attached to an aromatic ring is 1. The molecule has 0 aliphatic heterocycles. The molecule has 8 nitrogen and oxygen atoms in total. The number of rotatable bonds is 8. The van der Waals surface area contributed by atoms with Crippen molar-refractivity contribution in [1.29, 1.82) is 0 Å². The van der Waals surface area contributed by atoms with E-state index in [4.69, 9.17) is 17.3 Å². The average molecular weight is 741 g/mol. The van der Waals surface area contributed by atoms with Crippen molar-refractivity contribution >= 4 is 51.8 Å². The van der Waals surface area contributed by atoms with Gasteiger partial charge >= 0.3 is 0 Å². The number of aromatic nitrogens is 4. The van der Waals surface area contributed by atoms with E-state index < -0.39 is 0 Å². The summed E-state index contributed by atoms with van der Waals surface area (Å²) in [4.78, 5) is 16.9. The summed E-state index contributed by atoms with van der Waals surface area (Å²) < 4.78 is 0. The maximum Gasteiger partial charge on any atom is 0.173 e. The number of halogens is 1. The molecular formula is C46H41ClN8. The molecule has 2 heterocycles. The van der Waals surface area contributed by atoms with Gasteiger partial charge in [-0.05, 0) is 95.8 Å². The number of anilines is 7. The molecule has 5 N–H and O–H groups in total. The fourth-order valence-corrected chi connectivity index (χ4v) is 5.62. The van der Waals surface area contributed by atoms with Crippen molar-refractivity contribution in [2.24, 2.45) is 0 Å². The Morgan fingerprint density at radius 3 is 1.33 bits per heavy atom. The first-order valence-corrected chi connectivity index (χ1v) is 18.1. The van der Waals surface area contributed by atoms with Crippen LogP contribution in [0.25, 0.3) is 22.3 Å². The Bertz CT molecular complexity index is 2390. The van der Waals surface area contributed by atoms with E-state index in [0.717, 1.165) is 33.9 Å². The largest absolute Gasteiger partial charge is 0.399 e. The lowest BCUT2D eigenvalue weighted by molar-refractivity contribution is 1.19. The van der Waals surface area contributed by atoms with Gasteiger partial charge in [-0.1, -0.05) is 121 Å². The van der Waals surface area contributed by atoms with Crippen LogP contribution in [0.15, 0.2) is 183 Å². The third kappa shape index (κ3) is 11.0. The number of aryl methyl sites for hydroxylation is 2. The van der Waals surface area contributed by atoms with E-state index in [1.54, 1.807) is 24.8 Å². The second-order valence-corrected chi connectivity index (χ2v) is 12.7. The predicted molar refractivity (Wildman–Crippen MR) is 229 cm³/mol. The minimum Gasteiger partial charge on any atom is -0.399 e.